The number of nitrogens with zero attached hydrogens (tertiary/aromatic N) is 3. The van der Waals surface area contributed by atoms with Crippen molar-refractivity contribution in [3.05, 3.63) is 12.4 Å². The van der Waals surface area contributed by atoms with E-state index < -0.39 is 11.6 Å². The van der Waals surface area contributed by atoms with Gasteiger partial charge in [0.05, 0.1) is 12.7 Å². The van der Waals surface area contributed by atoms with Gasteiger partial charge in [-0.2, -0.15) is 0 Å². The monoisotopic (exact) mass is 173 g/mol. The number of carboxylic acid groups (broad SMARTS) is 1. The van der Waals surface area contributed by atoms with E-state index in [0.717, 1.165) is 11.6 Å². The molecule has 66 valence electrons. The zero-order chi connectivity index (χ0) is 9.19. The first-order valence-corrected chi connectivity index (χ1v) is 3.29. The zero-order valence-corrected chi connectivity index (χ0v) is 6.44. The van der Waals surface area contributed by atoms with E-state index in [9.17, 15) is 9.18 Å². The standard InChI is InChI=1S/C6H8FN3O2/c1-6(7,5(11)12)4-10-3-2-8-9-10/h2-3H,4H2,1H3,(H,11,12). The summed E-state index contributed by atoms with van der Waals surface area (Å²) in [4.78, 5) is 10.3. The van der Waals surface area contributed by atoms with Crippen LogP contribution in [-0.2, 0) is 11.3 Å². The van der Waals surface area contributed by atoms with Crippen molar-refractivity contribution in [3.8, 4) is 0 Å². The van der Waals surface area contributed by atoms with E-state index in [1.165, 1.54) is 12.4 Å². The quantitative estimate of drug-likeness (QED) is 0.703. The van der Waals surface area contributed by atoms with Crippen molar-refractivity contribution in [1.82, 2.24) is 15.0 Å². The molecule has 1 aromatic rings. The van der Waals surface area contributed by atoms with Crippen molar-refractivity contribution in [1.29, 1.82) is 0 Å². The van der Waals surface area contributed by atoms with Gasteiger partial charge < -0.3 is 5.11 Å². The number of aromatic nitrogens is 3. The van der Waals surface area contributed by atoms with Gasteiger partial charge in [0.2, 0.25) is 5.67 Å². The van der Waals surface area contributed by atoms with E-state index in [2.05, 4.69) is 10.3 Å². The van der Waals surface area contributed by atoms with Gasteiger partial charge in [-0.15, -0.1) is 5.10 Å². The lowest BCUT2D eigenvalue weighted by atomic mass is 10.1. The summed E-state index contributed by atoms with van der Waals surface area (Å²) in [5.74, 6) is -1.50. The minimum atomic E-state index is -2.30. The molecule has 0 radical (unpaired) electrons. The van der Waals surface area contributed by atoms with Crippen LogP contribution in [0.2, 0.25) is 0 Å². The first-order chi connectivity index (χ1) is 5.52. The summed E-state index contributed by atoms with van der Waals surface area (Å²) in [5.41, 5.74) is -2.30. The number of hydrogen-bond acceptors (Lipinski definition) is 3. The van der Waals surface area contributed by atoms with Gasteiger partial charge in [0.25, 0.3) is 0 Å². The number of aliphatic carboxylic acids is 1. The highest BCUT2D eigenvalue weighted by atomic mass is 19.1. The van der Waals surface area contributed by atoms with E-state index in [0.29, 0.717) is 0 Å². The molecule has 0 bridgehead atoms. The van der Waals surface area contributed by atoms with Crippen LogP contribution < -0.4 is 0 Å². The minimum Gasteiger partial charge on any atom is -0.479 e. The molecule has 0 amide bonds. The molecule has 0 fully saturated rings. The molecular formula is C6H8FN3O2. The van der Waals surface area contributed by atoms with Crippen LogP contribution in [0.5, 0.6) is 0 Å². The second-order valence-corrected chi connectivity index (χ2v) is 2.60. The third-order valence-electron chi connectivity index (χ3n) is 1.38. The van der Waals surface area contributed by atoms with Crippen LogP contribution in [0.15, 0.2) is 12.4 Å². The second kappa shape index (κ2) is 2.88. The largest absolute Gasteiger partial charge is 0.479 e. The number of carbonyl (C=O) groups is 1. The van der Waals surface area contributed by atoms with Gasteiger partial charge in [0.1, 0.15) is 0 Å². The van der Waals surface area contributed by atoms with Gasteiger partial charge in [-0.05, 0) is 6.92 Å². The Morgan fingerprint density at radius 2 is 2.50 bits per heavy atom. The highest BCUT2D eigenvalue weighted by Gasteiger charge is 2.33. The lowest BCUT2D eigenvalue weighted by molar-refractivity contribution is -0.150. The van der Waals surface area contributed by atoms with Gasteiger partial charge in [-0.3, -0.25) is 0 Å². The van der Waals surface area contributed by atoms with E-state index >= 15 is 0 Å². The Morgan fingerprint density at radius 1 is 1.83 bits per heavy atom. The number of halogens is 1. The fourth-order valence-electron chi connectivity index (χ4n) is 0.689. The molecule has 0 aliphatic heterocycles. The van der Waals surface area contributed by atoms with E-state index in [-0.39, 0.29) is 6.54 Å². The molecule has 12 heavy (non-hydrogen) atoms. The molecule has 0 saturated heterocycles. The van der Waals surface area contributed by atoms with Crippen LogP contribution in [0.4, 0.5) is 4.39 Å². The highest BCUT2D eigenvalue weighted by molar-refractivity contribution is 5.76. The maximum Gasteiger partial charge on any atom is 0.343 e. The average molecular weight is 173 g/mol. The summed E-state index contributed by atoms with van der Waals surface area (Å²) >= 11 is 0. The smallest absolute Gasteiger partial charge is 0.343 e. The van der Waals surface area contributed by atoms with Crippen molar-refractivity contribution < 1.29 is 14.3 Å². The number of carboxylic acids is 1. The normalized spacial score (nSPS) is 15.5. The highest BCUT2D eigenvalue weighted by Crippen LogP contribution is 2.12. The molecule has 1 heterocycles. The SMILES string of the molecule is CC(F)(Cn1ccnn1)C(=O)O. The predicted octanol–water partition coefficient (Wildman–Crippen LogP) is 0.0909. The first kappa shape index (κ1) is 8.63. The van der Waals surface area contributed by atoms with E-state index in [1.807, 2.05) is 0 Å². The molecule has 0 aromatic carbocycles. The molecule has 1 aromatic heterocycles. The lowest BCUT2D eigenvalue weighted by Gasteiger charge is -2.13. The van der Waals surface area contributed by atoms with Crippen molar-refractivity contribution in [2.24, 2.45) is 0 Å². The van der Waals surface area contributed by atoms with Crippen molar-refractivity contribution in [2.45, 2.75) is 19.1 Å². The summed E-state index contributed by atoms with van der Waals surface area (Å²) in [6, 6.07) is 0. The molecule has 0 spiro atoms. The maximum absolute atomic E-state index is 13.1. The van der Waals surface area contributed by atoms with Crippen molar-refractivity contribution in [2.75, 3.05) is 0 Å². The van der Waals surface area contributed by atoms with E-state index in [1.54, 1.807) is 0 Å². The summed E-state index contributed by atoms with van der Waals surface area (Å²) in [6.07, 6.45) is 2.76. The molecule has 6 heteroatoms. The maximum atomic E-state index is 13.1. The molecule has 0 aliphatic carbocycles. The summed E-state index contributed by atoms with van der Waals surface area (Å²) in [7, 11) is 0. The van der Waals surface area contributed by atoms with Gasteiger partial charge in [0, 0.05) is 6.20 Å². The summed E-state index contributed by atoms with van der Waals surface area (Å²) in [6.45, 7) is 0.652. The van der Waals surface area contributed by atoms with Crippen LogP contribution >= 0.6 is 0 Å². The van der Waals surface area contributed by atoms with Gasteiger partial charge in [0.15, 0.2) is 0 Å². The Labute approximate surface area is 67.8 Å². The van der Waals surface area contributed by atoms with Crippen LogP contribution in [0.3, 0.4) is 0 Å². The average Bonchev–Trinajstić information content (AvgIpc) is 2.38. The fourth-order valence-corrected chi connectivity index (χ4v) is 0.689. The molecule has 1 rings (SSSR count). The minimum absolute atomic E-state index is 0.331. The predicted molar refractivity (Wildman–Crippen MR) is 37.2 cm³/mol. The molecule has 5 nitrogen and oxygen atoms in total. The molecule has 1 atom stereocenters. The molecule has 1 unspecified atom stereocenters. The third-order valence-corrected chi connectivity index (χ3v) is 1.38. The number of alkyl halides is 1. The third kappa shape index (κ3) is 1.77. The van der Waals surface area contributed by atoms with E-state index in [4.69, 9.17) is 5.11 Å². The summed E-state index contributed by atoms with van der Waals surface area (Å²) < 4.78 is 14.2. The molecule has 1 N–H and O–H groups in total. The summed E-state index contributed by atoms with van der Waals surface area (Å²) in [5, 5.41) is 15.3. The van der Waals surface area contributed by atoms with Crippen molar-refractivity contribution >= 4 is 5.97 Å². The lowest BCUT2D eigenvalue weighted by Crippen LogP contribution is -2.35. The number of rotatable bonds is 3. The zero-order valence-electron chi connectivity index (χ0n) is 6.44. The Balaban J connectivity index is 2.69. The number of hydrogen-bond donors (Lipinski definition) is 1. The van der Waals surface area contributed by atoms with Gasteiger partial charge in [-0.25, -0.2) is 13.9 Å². The molecular weight excluding hydrogens is 165 g/mol. The van der Waals surface area contributed by atoms with Crippen molar-refractivity contribution in [3.63, 3.8) is 0 Å². The first-order valence-electron chi connectivity index (χ1n) is 3.29. The van der Waals surface area contributed by atoms with Crippen LogP contribution in [0.25, 0.3) is 0 Å². The topological polar surface area (TPSA) is 68.0 Å². The van der Waals surface area contributed by atoms with Gasteiger partial charge >= 0.3 is 5.97 Å². The second-order valence-electron chi connectivity index (χ2n) is 2.60. The Bertz CT molecular complexity index is 270. The van der Waals surface area contributed by atoms with Gasteiger partial charge in [-0.1, -0.05) is 5.21 Å². The molecule has 0 aliphatic rings. The van der Waals surface area contributed by atoms with Crippen LogP contribution in [0.1, 0.15) is 6.92 Å². The fraction of sp³-hybridized carbons (Fsp3) is 0.500. The Kier molecular flexibility index (Phi) is 2.07. The molecule has 0 saturated carbocycles. The Hall–Kier alpha value is -1.46. The van der Waals surface area contributed by atoms with Crippen LogP contribution in [-0.4, -0.2) is 31.7 Å². The Morgan fingerprint density at radius 3 is 2.92 bits per heavy atom. The van der Waals surface area contributed by atoms with Crippen LogP contribution in [0, 0.1) is 0 Å².